The molecule has 3 heterocycles. The topological polar surface area (TPSA) is 88.7 Å². The summed E-state index contributed by atoms with van der Waals surface area (Å²) in [4.78, 5) is 17.7. The van der Waals surface area contributed by atoms with Crippen molar-refractivity contribution in [2.45, 2.75) is 82.2 Å². The van der Waals surface area contributed by atoms with Gasteiger partial charge in [-0.2, -0.15) is 0 Å². The molecule has 1 atom stereocenters. The Morgan fingerprint density at radius 1 is 1.11 bits per heavy atom. The maximum atomic E-state index is 11.1. The summed E-state index contributed by atoms with van der Waals surface area (Å²) in [5.74, 6) is 0.0495. The lowest BCUT2D eigenvalue weighted by Crippen LogP contribution is -2.51. The van der Waals surface area contributed by atoms with Crippen molar-refractivity contribution in [3.8, 4) is 0 Å². The van der Waals surface area contributed by atoms with Crippen molar-refractivity contribution in [2.75, 3.05) is 25.5 Å². The molecule has 0 unspecified atom stereocenters. The van der Waals surface area contributed by atoms with Crippen LogP contribution < -0.4 is 5.73 Å². The van der Waals surface area contributed by atoms with Crippen molar-refractivity contribution in [3.63, 3.8) is 0 Å². The molecule has 0 bridgehead atoms. The van der Waals surface area contributed by atoms with Crippen molar-refractivity contribution >= 4 is 22.4 Å². The number of carboxylic acid groups (broad SMARTS) is 1. The lowest BCUT2D eigenvalue weighted by Gasteiger charge is -2.40. The highest BCUT2D eigenvalue weighted by Crippen LogP contribution is 2.33. The molecule has 7 heteroatoms. The summed E-state index contributed by atoms with van der Waals surface area (Å²) in [6.07, 6.45) is 11.7. The highest BCUT2D eigenvalue weighted by Gasteiger charge is 2.33. The number of rotatable bonds is 3. The second-order valence-corrected chi connectivity index (χ2v) is 8.77. The summed E-state index contributed by atoms with van der Waals surface area (Å²) in [6, 6.07) is 0.182. The van der Waals surface area contributed by atoms with Gasteiger partial charge in [0.05, 0.1) is 5.69 Å². The number of aromatic nitrogens is 1. The first kappa shape index (κ1) is 20.6. The molecule has 0 aromatic carbocycles. The van der Waals surface area contributed by atoms with Gasteiger partial charge >= 0.3 is 5.97 Å². The Hall–Kier alpha value is -1.18. The summed E-state index contributed by atoms with van der Waals surface area (Å²) in [5.41, 5.74) is 6.83. The van der Waals surface area contributed by atoms with Gasteiger partial charge in [-0.1, -0.05) is 25.7 Å². The van der Waals surface area contributed by atoms with Crippen molar-refractivity contribution in [1.29, 1.82) is 0 Å². The average molecular weight is 396 g/mol. The van der Waals surface area contributed by atoms with Gasteiger partial charge in [0.25, 0.3) is 0 Å². The Morgan fingerprint density at radius 3 is 2.44 bits per heavy atom. The van der Waals surface area contributed by atoms with Gasteiger partial charge in [0.15, 0.2) is 5.13 Å². The number of piperidine rings is 1. The standard InChI is InChI=1S/C11H19NO3.C9H14N2S/c13-11(14)10-3-1-2-6-12(10)9-4-7-15-8-5-9;10-9-11-8(6-12-9)7-4-2-1-3-5-7/h9-10H,1-8H2,(H,13,14);6-7H,1-5H2,(H2,10,11)/t10-;/m0./s1. The summed E-state index contributed by atoms with van der Waals surface area (Å²) in [5, 5.41) is 12.0. The second-order valence-electron chi connectivity index (χ2n) is 7.88. The number of carboxylic acids is 1. The van der Waals surface area contributed by atoms with Crippen molar-refractivity contribution < 1.29 is 14.6 Å². The number of ether oxygens (including phenoxy) is 1. The lowest BCUT2D eigenvalue weighted by atomic mass is 9.87. The third-order valence-electron chi connectivity index (χ3n) is 6.05. The number of aliphatic carboxylic acids is 1. The van der Waals surface area contributed by atoms with Crippen molar-refractivity contribution in [3.05, 3.63) is 11.1 Å². The number of carbonyl (C=O) groups is 1. The Balaban J connectivity index is 0.000000159. The van der Waals surface area contributed by atoms with Gasteiger partial charge in [0.2, 0.25) is 0 Å². The third-order valence-corrected chi connectivity index (χ3v) is 6.74. The van der Waals surface area contributed by atoms with Crippen LogP contribution in [0.4, 0.5) is 5.13 Å². The van der Waals surface area contributed by atoms with Gasteiger partial charge in [-0.25, -0.2) is 4.98 Å². The fraction of sp³-hybridized carbons (Fsp3) is 0.800. The van der Waals surface area contributed by atoms with E-state index in [1.54, 1.807) is 11.3 Å². The monoisotopic (exact) mass is 395 g/mol. The molecule has 152 valence electrons. The largest absolute Gasteiger partial charge is 0.480 e. The number of hydrogen-bond acceptors (Lipinski definition) is 6. The zero-order chi connectivity index (χ0) is 19.1. The van der Waals surface area contributed by atoms with Crippen molar-refractivity contribution in [1.82, 2.24) is 9.88 Å². The molecule has 3 fully saturated rings. The van der Waals surface area contributed by atoms with E-state index in [-0.39, 0.29) is 6.04 Å². The first-order valence-electron chi connectivity index (χ1n) is 10.4. The van der Waals surface area contributed by atoms with E-state index in [0.29, 0.717) is 12.0 Å². The van der Waals surface area contributed by atoms with Crippen LogP contribution in [-0.2, 0) is 9.53 Å². The predicted molar refractivity (Wildman–Crippen MR) is 108 cm³/mol. The van der Waals surface area contributed by atoms with Crippen LogP contribution in [0.15, 0.2) is 5.38 Å². The Labute approximate surface area is 166 Å². The van der Waals surface area contributed by atoms with Crippen molar-refractivity contribution in [2.24, 2.45) is 0 Å². The van der Waals surface area contributed by atoms with E-state index in [0.717, 1.165) is 57.0 Å². The first-order valence-corrected chi connectivity index (χ1v) is 11.3. The van der Waals surface area contributed by atoms with E-state index in [4.69, 9.17) is 15.6 Å². The molecule has 27 heavy (non-hydrogen) atoms. The fourth-order valence-corrected chi connectivity index (χ4v) is 5.20. The number of thiazole rings is 1. The van der Waals surface area contributed by atoms with Crippen LogP contribution >= 0.6 is 11.3 Å². The first-order chi connectivity index (χ1) is 13.1. The molecule has 1 aliphatic carbocycles. The smallest absolute Gasteiger partial charge is 0.320 e. The number of likely N-dealkylation sites (tertiary alicyclic amines) is 1. The summed E-state index contributed by atoms with van der Waals surface area (Å²) < 4.78 is 5.31. The normalized spacial score (nSPS) is 25.6. The lowest BCUT2D eigenvalue weighted by molar-refractivity contribution is -0.146. The zero-order valence-electron chi connectivity index (χ0n) is 16.1. The molecule has 1 aromatic rings. The number of nitrogens with zero attached hydrogens (tertiary/aromatic N) is 2. The van der Waals surface area contributed by atoms with Crippen LogP contribution in [0.25, 0.3) is 0 Å². The highest BCUT2D eigenvalue weighted by molar-refractivity contribution is 7.13. The number of anilines is 1. The molecular formula is C20H33N3O3S. The minimum atomic E-state index is -0.652. The average Bonchev–Trinajstić information content (AvgIpc) is 3.16. The number of nitrogens with two attached hydrogens (primary N) is 1. The quantitative estimate of drug-likeness (QED) is 0.807. The molecule has 3 aliphatic rings. The molecule has 2 aliphatic heterocycles. The van der Waals surface area contributed by atoms with Gasteiger partial charge in [-0.05, 0) is 45.1 Å². The highest BCUT2D eigenvalue weighted by atomic mass is 32.1. The Bertz CT molecular complexity index is 583. The maximum absolute atomic E-state index is 11.1. The van der Waals surface area contributed by atoms with Crippen LogP contribution in [0.5, 0.6) is 0 Å². The van der Waals surface area contributed by atoms with Gasteiger partial charge in [-0.3, -0.25) is 9.69 Å². The molecule has 0 radical (unpaired) electrons. The van der Waals surface area contributed by atoms with E-state index in [1.165, 1.54) is 37.8 Å². The Morgan fingerprint density at radius 2 is 1.81 bits per heavy atom. The molecular weight excluding hydrogens is 362 g/mol. The third kappa shape index (κ3) is 5.90. The zero-order valence-corrected chi connectivity index (χ0v) is 17.0. The van der Waals surface area contributed by atoms with Gasteiger partial charge < -0.3 is 15.6 Å². The number of hydrogen-bond donors (Lipinski definition) is 2. The van der Waals surface area contributed by atoms with E-state index >= 15 is 0 Å². The second kappa shape index (κ2) is 10.4. The van der Waals surface area contributed by atoms with E-state index in [2.05, 4.69) is 15.3 Å². The van der Waals surface area contributed by atoms with Gasteiger partial charge in [0.1, 0.15) is 6.04 Å². The molecule has 0 spiro atoms. The van der Waals surface area contributed by atoms with Crippen LogP contribution in [0, 0.1) is 0 Å². The molecule has 1 saturated carbocycles. The summed E-state index contributed by atoms with van der Waals surface area (Å²) >= 11 is 1.56. The van der Waals surface area contributed by atoms with E-state index < -0.39 is 5.97 Å². The fourth-order valence-electron chi connectivity index (χ4n) is 4.56. The SMILES string of the molecule is Nc1nc(C2CCCCC2)cs1.O=C(O)[C@@H]1CCCCN1C1CCOCC1. The van der Waals surface area contributed by atoms with E-state index in [9.17, 15) is 4.79 Å². The van der Waals surface area contributed by atoms with Gasteiger partial charge in [-0.15, -0.1) is 11.3 Å². The van der Waals surface area contributed by atoms with E-state index in [1.807, 2.05) is 0 Å². The molecule has 0 amide bonds. The minimum absolute atomic E-state index is 0.248. The van der Waals surface area contributed by atoms with Crippen LogP contribution in [0.3, 0.4) is 0 Å². The molecule has 3 N–H and O–H groups in total. The predicted octanol–water partition coefficient (Wildman–Crippen LogP) is 3.88. The maximum Gasteiger partial charge on any atom is 0.320 e. The summed E-state index contributed by atoms with van der Waals surface area (Å²) in [6.45, 7) is 2.52. The van der Waals surface area contributed by atoms with Crippen LogP contribution in [-0.4, -0.2) is 52.8 Å². The molecule has 6 nitrogen and oxygen atoms in total. The van der Waals surface area contributed by atoms with Gasteiger partial charge in [0, 0.05) is 30.6 Å². The molecule has 4 rings (SSSR count). The summed E-state index contributed by atoms with van der Waals surface area (Å²) in [7, 11) is 0. The van der Waals surface area contributed by atoms with Crippen LogP contribution in [0.2, 0.25) is 0 Å². The molecule has 2 saturated heterocycles. The Kier molecular flexibility index (Phi) is 7.91. The van der Waals surface area contributed by atoms with Crippen LogP contribution in [0.1, 0.15) is 75.8 Å². The molecule has 1 aromatic heterocycles. The minimum Gasteiger partial charge on any atom is -0.480 e. The number of nitrogen functional groups attached to an aromatic ring is 1.